The van der Waals surface area contributed by atoms with Gasteiger partial charge in [0.15, 0.2) is 15.0 Å². The Hall–Kier alpha value is -2.05. The van der Waals surface area contributed by atoms with Crippen molar-refractivity contribution in [1.82, 2.24) is 0 Å². The average molecular weight is 365 g/mol. The number of carbonyl (C=O) groups is 1. The minimum absolute atomic E-state index is 0.0212. The van der Waals surface area contributed by atoms with Gasteiger partial charge in [-0.3, -0.25) is 4.79 Å². The zero-order valence-corrected chi connectivity index (χ0v) is 14.5. The van der Waals surface area contributed by atoms with Crippen molar-refractivity contribution in [3.63, 3.8) is 0 Å². The number of anilines is 1. The lowest BCUT2D eigenvalue weighted by Gasteiger charge is -2.24. The number of methoxy groups -OCH3 is 1. The lowest BCUT2D eigenvalue weighted by atomic mass is 10.2. The summed E-state index contributed by atoms with van der Waals surface area (Å²) in [5.41, 5.74) is 0.718. The molecule has 1 aromatic carbocycles. The Morgan fingerprint density at radius 2 is 2.29 bits per heavy atom. The van der Waals surface area contributed by atoms with E-state index in [9.17, 15) is 13.2 Å². The molecule has 3 rings (SSSR count). The first-order chi connectivity index (χ1) is 11.4. The number of thioether (sulfide) groups is 1. The highest BCUT2D eigenvalue weighted by Gasteiger charge is 2.49. The highest BCUT2D eigenvalue weighted by atomic mass is 32.2. The Morgan fingerprint density at radius 1 is 1.50 bits per heavy atom. The van der Waals surface area contributed by atoms with Crippen LogP contribution < -0.4 is 9.64 Å². The zero-order chi connectivity index (χ0) is 17.3. The summed E-state index contributed by atoms with van der Waals surface area (Å²) < 4.78 is 29.1. The van der Waals surface area contributed by atoms with Crippen LogP contribution in [0.1, 0.15) is 6.42 Å². The Labute approximate surface area is 144 Å². The summed E-state index contributed by atoms with van der Waals surface area (Å²) in [6.07, 6.45) is -0.302. The summed E-state index contributed by atoms with van der Waals surface area (Å²) >= 11 is 1.28. The van der Waals surface area contributed by atoms with Crippen LogP contribution >= 0.6 is 11.8 Å². The third-order valence-corrected chi connectivity index (χ3v) is 7.06. The fraction of sp³-hybridized carbons (Fsp3) is 0.400. The molecule has 7 nitrogen and oxygen atoms in total. The molecule has 0 bridgehead atoms. The number of amides is 1. The number of hydrogen-bond donors (Lipinski definition) is 0. The number of ether oxygens (including phenoxy) is 1. The molecule has 2 saturated heterocycles. The zero-order valence-electron chi connectivity index (χ0n) is 12.9. The number of rotatable bonds is 3. The van der Waals surface area contributed by atoms with Crippen molar-refractivity contribution in [1.29, 1.82) is 5.26 Å². The molecule has 0 unspecified atom stereocenters. The average Bonchev–Trinajstić information content (AvgIpc) is 2.98. The van der Waals surface area contributed by atoms with E-state index in [-0.39, 0.29) is 29.2 Å². The van der Waals surface area contributed by atoms with Gasteiger partial charge in [0.25, 0.3) is 5.91 Å². The van der Waals surface area contributed by atoms with Crippen LogP contribution in [0, 0.1) is 11.3 Å². The van der Waals surface area contributed by atoms with Crippen molar-refractivity contribution in [3.05, 3.63) is 24.3 Å². The van der Waals surface area contributed by atoms with Crippen molar-refractivity contribution in [2.75, 3.05) is 23.5 Å². The second-order valence-corrected chi connectivity index (χ2v) is 8.86. The summed E-state index contributed by atoms with van der Waals surface area (Å²) in [5.74, 6) is 0.182. The summed E-state index contributed by atoms with van der Waals surface area (Å²) in [6, 6.07) is 8.68. The van der Waals surface area contributed by atoms with Gasteiger partial charge in [-0.1, -0.05) is 17.8 Å². The van der Waals surface area contributed by atoms with Crippen LogP contribution in [0.15, 0.2) is 29.3 Å². The van der Waals surface area contributed by atoms with Crippen molar-refractivity contribution >= 4 is 38.4 Å². The standard InChI is InChI=1S/C15H15N3O4S2/c1-22-11-4-2-3-10(7-11)18-12-8-24(20,21)9-13(12)23-15(18)17-14(19)5-6-16/h2-4,7,12-13H,5,8-9H2,1H3/t12-,13-/m1/s1. The molecule has 0 aliphatic carbocycles. The Kier molecular flexibility index (Phi) is 4.51. The summed E-state index contributed by atoms with van der Waals surface area (Å²) in [4.78, 5) is 17.5. The number of carbonyl (C=O) groups excluding carboxylic acids is 1. The number of sulfone groups is 1. The van der Waals surface area contributed by atoms with Crippen molar-refractivity contribution in [2.45, 2.75) is 17.7 Å². The molecule has 0 spiro atoms. The number of fused-ring (bicyclic) bond motifs is 1. The smallest absolute Gasteiger partial charge is 0.262 e. The highest BCUT2D eigenvalue weighted by Crippen LogP contribution is 2.41. The fourth-order valence-electron chi connectivity index (χ4n) is 2.84. The van der Waals surface area contributed by atoms with Gasteiger partial charge >= 0.3 is 0 Å². The van der Waals surface area contributed by atoms with E-state index in [1.807, 2.05) is 6.07 Å². The van der Waals surface area contributed by atoms with Gasteiger partial charge in [-0.15, -0.1) is 0 Å². The van der Waals surface area contributed by atoms with Crippen molar-refractivity contribution < 1.29 is 17.9 Å². The number of nitrogens with zero attached hydrogens (tertiary/aromatic N) is 3. The minimum atomic E-state index is -3.11. The number of amidine groups is 1. The van der Waals surface area contributed by atoms with Gasteiger partial charge in [0.2, 0.25) is 0 Å². The molecule has 2 atom stereocenters. The number of benzene rings is 1. The van der Waals surface area contributed by atoms with Crippen LogP contribution in [0.4, 0.5) is 5.69 Å². The quantitative estimate of drug-likeness (QED) is 0.793. The molecule has 0 aromatic heterocycles. The molecular weight excluding hydrogens is 350 g/mol. The van der Waals surface area contributed by atoms with Gasteiger partial charge in [-0.25, -0.2) is 8.42 Å². The van der Waals surface area contributed by atoms with Gasteiger partial charge in [0, 0.05) is 17.0 Å². The summed E-state index contributed by atoms with van der Waals surface area (Å²) in [6.45, 7) is 0. The highest BCUT2D eigenvalue weighted by molar-refractivity contribution is 8.16. The maximum absolute atomic E-state index is 12.0. The minimum Gasteiger partial charge on any atom is -0.497 e. The van der Waals surface area contributed by atoms with E-state index in [4.69, 9.17) is 10.00 Å². The van der Waals surface area contributed by atoms with E-state index >= 15 is 0 Å². The Morgan fingerprint density at radius 3 is 3.00 bits per heavy atom. The largest absolute Gasteiger partial charge is 0.497 e. The van der Waals surface area contributed by atoms with Crippen LogP contribution in [0.25, 0.3) is 0 Å². The van der Waals surface area contributed by atoms with E-state index < -0.39 is 15.7 Å². The first kappa shape index (κ1) is 16.8. The second kappa shape index (κ2) is 6.45. The molecule has 2 fully saturated rings. The summed E-state index contributed by atoms with van der Waals surface area (Å²) in [5, 5.41) is 8.90. The van der Waals surface area contributed by atoms with Crippen LogP contribution in [0.2, 0.25) is 0 Å². The van der Waals surface area contributed by atoms with Crippen LogP contribution in [-0.4, -0.2) is 49.4 Å². The molecule has 126 valence electrons. The van der Waals surface area contributed by atoms with Gasteiger partial charge in [0.05, 0.1) is 30.7 Å². The normalized spacial score (nSPS) is 26.2. The monoisotopic (exact) mass is 365 g/mol. The Balaban J connectivity index is 2.01. The molecule has 0 N–H and O–H groups in total. The number of nitriles is 1. The molecule has 0 radical (unpaired) electrons. The molecule has 1 aromatic rings. The molecule has 0 saturated carbocycles. The SMILES string of the molecule is COc1cccc(N2C(=NC(=O)CC#N)S[C@@H]3CS(=O)(=O)C[C@H]32)c1. The van der Waals surface area contributed by atoms with E-state index in [0.29, 0.717) is 10.9 Å². The van der Waals surface area contributed by atoms with Gasteiger partial charge in [-0.2, -0.15) is 10.3 Å². The topological polar surface area (TPSA) is 99.8 Å². The number of hydrogen-bond acceptors (Lipinski definition) is 6. The lowest BCUT2D eigenvalue weighted by Crippen LogP contribution is -2.37. The van der Waals surface area contributed by atoms with E-state index in [1.54, 1.807) is 36.3 Å². The lowest BCUT2D eigenvalue weighted by molar-refractivity contribution is -0.116. The third kappa shape index (κ3) is 3.25. The van der Waals surface area contributed by atoms with Gasteiger partial charge in [0.1, 0.15) is 12.2 Å². The maximum atomic E-state index is 12.0. The predicted molar refractivity (Wildman–Crippen MR) is 92.0 cm³/mol. The van der Waals surface area contributed by atoms with E-state index in [0.717, 1.165) is 5.69 Å². The molecule has 24 heavy (non-hydrogen) atoms. The van der Waals surface area contributed by atoms with Crippen LogP contribution in [0.5, 0.6) is 5.75 Å². The first-order valence-electron chi connectivity index (χ1n) is 7.22. The van der Waals surface area contributed by atoms with E-state index in [2.05, 4.69) is 4.99 Å². The molecule has 9 heteroatoms. The van der Waals surface area contributed by atoms with Gasteiger partial charge in [-0.05, 0) is 12.1 Å². The molecule has 2 aliphatic heterocycles. The molecule has 1 amide bonds. The molecule has 2 heterocycles. The molecular formula is C15H15N3O4S2. The van der Waals surface area contributed by atoms with Crippen molar-refractivity contribution in [2.24, 2.45) is 4.99 Å². The van der Waals surface area contributed by atoms with Crippen LogP contribution in [0.3, 0.4) is 0 Å². The van der Waals surface area contributed by atoms with Gasteiger partial charge < -0.3 is 9.64 Å². The first-order valence-corrected chi connectivity index (χ1v) is 9.92. The summed E-state index contributed by atoms with van der Waals surface area (Å²) in [7, 11) is -1.56. The number of aliphatic imine (C=N–C) groups is 1. The molecule has 2 aliphatic rings. The van der Waals surface area contributed by atoms with Crippen LogP contribution in [-0.2, 0) is 14.6 Å². The Bertz CT molecular complexity index is 845. The van der Waals surface area contributed by atoms with E-state index in [1.165, 1.54) is 11.8 Å². The predicted octanol–water partition coefficient (Wildman–Crippen LogP) is 1.21. The fourth-order valence-corrected chi connectivity index (χ4v) is 6.77. The second-order valence-electron chi connectivity index (χ2n) is 5.50. The third-order valence-electron chi connectivity index (χ3n) is 3.85. The maximum Gasteiger partial charge on any atom is 0.262 e. The van der Waals surface area contributed by atoms with Crippen molar-refractivity contribution in [3.8, 4) is 11.8 Å².